The molecule has 0 aliphatic rings. The Morgan fingerprint density at radius 3 is 1.97 bits per heavy atom. The highest BCUT2D eigenvalue weighted by Gasteiger charge is 2.61. The number of carbonyl (C=O) groups is 1. The molecule has 0 radical (unpaired) electrons. The summed E-state index contributed by atoms with van der Waals surface area (Å²) >= 11 is 0. The van der Waals surface area contributed by atoms with Gasteiger partial charge in [-0.1, -0.05) is 49.4 Å². The number of carbonyl (C=O) groups excluding carboxylic acids is 1. The first-order valence-corrected chi connectivity index (χ1v) is 12.6. The molecule has 0 N–H and O–H groups in total. The van der Waals surface area contributed by atoms with Crippen molar-refractivity contribution >= 4 is 13.6 Å². The SMILES string of the molecule is CCOP(=O)(OCC)[C@](Cc1ccc(OC)cc1)(C(=O)OC(C)C)[C@H](C)c1ccccc1. The lowest BCUT2D eigenvalue weighted by Gasteiger charge is -2.41. The van der Waals surface area contributed by atoms with E-state index in [-0.39, 0.29) is 19.6 Å². The lowest BCUT2D eigenvalue weighted by Crippen LogP contribution is -2.48. The van der Waals surface area contributed by atoms with E-state index in [4.69, 9.17) is 18.5 Å². The topological polar surface area (TPSA) is 71.1 Å². The Balaban J connectivity index is 2.77. The van der Waals surface area contributed by atoms with E-state index >= 15 is 0 Å². The molecule has 0 spiro atoms. The molecule has 0 amide bonds. The molecule has 32 heavy (non-hydrogen) atoms. The summed E-state index contributed by atoms with van der Waals surface area (Å²) in [5.41, 5.74) is 1.65. The monoisotopic (exact) mass is 462 g/mol. The van der Waals surface area contributed by atoms with Crippen molar-refractivity contribution in [3.8, 4) is 5.75 Å². The third-order valence-electron chi connectivity index (χ3n) is 5.43. The molecule has 176 valence electrons. The highest BCUT2D eigenvalue weighted by atomic mass is 31.2. The van der Waals surface area contributed by atoms with Crippen LogP contribution in [0.15, 0.2) is 54.6 Å². The van der Waals surface area contributed by atoms with Gasteiger partial charge in [0.15, 0.2) is 5.16 Å². The lowest BCUT2D eigenvalue weighted by molar-refractivity contribution is -0.152. The van der Waals surface area contributed by atoms with Crippen LogP contribution >= 0.6 is 7.60 Å². The van der Waals surface area contributed by atoms with Crippen molar-refractivity contribution in [2.45, 2.75) is 58.2 Å². The van der Waals surface area contributed by atoms with Gasteiger partial charge in [-0.25, -0.2) is 0 Å². The summed E-state index contributed by atoms with van der Waals surface area (Å²) in [4.78, 5) is 13.8. The maximum atomic E-state index is 14.4. The van der Waals surface area contributed by atoms with Crippen LogP contribution in [-0.2, 0) is 29.6 Å². The van der Waals surface area contributed by atoms with E-state index in [2.05, 4.69) is 0 Å². The Kier molecular flexibility index (Phi) is 9.50. The van der Waals surface area contributed by atoms with Crippen LogP contribution < -0.4 is 4.74 Å². The van der Waals surface area contributed by atoms with Crippen molar-refractivity contribution in [2.75, 3.05) is 20.3 Å². The number of benzene rings is 2. The van der Waals surface area contributed by atoms with Crippen molar-refractivity contribution in [1.82, 2.24) is 0 Å². The summed E-state index contributed by atoms with van der Waals surface area (Å²) in [6, 6.07) is 16.9. The number of methoxy groups -OCH3 is 1. The second-order valence-corrected chi connectivity index (χ2v) is 10.2. The van der Waals surface area contributed by atoms with Crippen molar-refractivity contribution < 1.29 is 27.9 Å². The van der Waals surface area contributed by atoms with Gasteiger partial charge >= 0.3 is 13.6 Å². The van der Waals surface area contributed by atoms with E-state index in [1.807, 2.05) is 61.5 Å². The van der Waals surface area contributed by atoms with Gasteiger partial charge in [-0.05, 0) is 51.0 Å². The van der Waals surface area contributed by atoms with E-state index < -0.39 is 30.7 Å². The lowest BCUT2D eigenvalue weighted by atomic mass is 9.82. The average Bonchev–Trinajstić information content (AvgIpc) is 2.77. The third-order valence-corrected chi connectivity index (χ3v) is 8.33. The third kappa shape index (κ3) is 5.61. The molecule has 2 aromatic carbocycles. The Labute approximate surface area is 191 Å². The maximum Gasteiger partial charge on any atom is 0.348 e. The van der Waals surface area contributed by atoms with Crippen LogP contribution in [0.1, 0.15) is 51.7 Å². The van der Waals surface area contributed by atoms with Crippen LogP contribution in [0, 0.1) is 0 Å². The standard InChI is InChI=1S/C25H35O6P/c1-7-29-32(27,30-8-2)25(24(26)31-19(3)4,20(5)22-12-10-9-11-13-22)18-21-14-16-23(28-6)17-15-21/h9-17,19-20H,7-8,18H2,1-6H3/t20-,25+/m1/s1. The van der Waals surface area contributed by atoms with Crippen molar-refractivity contribution in [2.24, 2.45) is 0 Å². The van der Waals surface area contributed by atoms with Crippen LogP contribution in [0.3, 0.4) is 0 Å². The van der Waals surface area contributed by atoms with Gasteiger partial charge in [0.05, 0.1) is 26.4 Å². The molecule has 0 aliphatic heterocycles. The average molecular weight is 463 g/mol. The van der Waals surface area contributed by atoms with E-state index in [1.165, 1.54) is 0 Å². The van der Waals surface area contributed by atoms with Crippen LogP contribution in [0.2, 0.25) is 0 Å². The fourth-order valence-electron chi connectivity index (χ4n) is 3.84. The molecule has 0 fully saturated rings. The van der Waals surface area contributed by atoms with Crippen molar-refractivity contribution in [3.05, 3.63) is 65.7 Å². The van der Waals surface area contributed by atoms with E-state index in [1.54, 1.807) is 34.8 Å². The molecule has 0 aromatic heterocycles. The number of esters is 1. The van der Waals surface area contributed by atoms with Gasteiger partial charge in [-0.15, -0.1) is 0 Å². The van der Waals surface area contributed by atoms with Crippen LogP contribution in [0.5, 0.6) is 5.75 Å². The van der Waals surface area contributed by atoms with Gasteiger partial charge in [-0.2, -0.15) is 0 Å². The molecule has 0 bridgehead atoms. The quantitative estimate of drug-likeness (QED) is 0.285. The second-order valence-electron chi connectivity index (χ2n) is 7.87. The highest BCUT2D eigenvalue weighted by Crippen LogP contribution is 2.66. The minimum absolute atomic E-state index is 0.121. The summed E-state index contributed by atoms with van der Waals surface area (Å²) in [5.74, 6) is -0.413. The first-order valence-electron chi connectivity index (χ1n) is 11.0. The predicted octanol–water partition coefficient (Wildman–Crippen LogP) is 6.00. The maximum absolute atomic E-state index is 14.4. The fourth-order valence-corrected chi connectivity index (χ4v) is 6.33. The molecule has 6 nitrogen and oxygen atoms in total. The molecular weight excluding hydrogens is 427 g/mol. The fraction of sp³-hybridized carbons (Fsp3) is 0.480. The Morgan fingerprint density at radius 2 is 1.50 bits per heavy atom. The molecule has 0 saturated carbocycles. The molecule has 0 aliphatic carbocycles. The summed E-state index contributed by atoms with van der Waals surface area (Å²) in [7, 11) is -2.39. The molecule has 2 atom stereocenters. The molecule has 2 aromatic rings. The van der Waals surface area contributed by atoms with Crippen molar-refractivity contribution in [1.29, 1.82) is 0 Å². The zero-order valence-electron chi connectivity index (χ0n) is 19.9. The number of rotatable bonds is 12. The summed E-state index contributed by atoms with van der Waals surface area (Å²) in [5, 5.41) is -1.58. The summed E-state index contributed by atoms with van der Waals surface area (Å²) < 4.78 is 37.0. The Bertz CT molecular complexity index is 886. The largest absolute Gasteiger partial charge is 0.497 e. The molecular formula is C25H35O6P. The second kappa shape index (κ2) is 11.6. The first kappa shape index (κ1) is 26.1. The zero-order valence-corrected chi connectivity index (χ0v) is 20.8. The first-order chi connectivity index (χ1) is 15.2. The summed E-state index contributed by atoms with van der Waals surface area (Å²) in [6.07, 6.45) is -0.270. The molecule has 0 unspecified atom stereocenters. The normalized spacial score (nSPS) is 14.6. The van der Waals surface area contributed by atoms with Crippen LogP contribution in [0.4, 0.5) is 0 Å². The smallest absolute Gasteiger partial charge is 0.348 e. The number of hydrogen-bond acceptors (Lipinski definition) is 6. The predicted molar refractivity (Wildman–Crippen MR) is 126 cm³/mol. The van der Waals surface area contributed by atoms with E-state index in [0.717, 1.165) is 11.1 Å². The van der Waals surface area contributed by atoms with Crippen LogP contribution in [0.25, 0.3) is 0 Å². The molecule has 2 rings (SSSR count). The van der Waals surface area contributed by atoms with Gasteiger partial charge < -0.3 is 18.5 Å². The van der Waals surface area contributed by atoms with Gasteiger partial charge in [0.1, 0.15) is 5.75 Å². The van der Waals surface area contributed by atoms with Gasteiger partial charge in [0.25, 0.3) is 0 Å². The zero-order chi connectivity index (χ0) is 23.8. The van der Waals surface area contributed by atoms with Gasteiger partial charge in [-0.3, -0.25) is 9.36 Å². The van der Waals surface area contributed by atoms with E-state index in [0.29, 0.717) is 5.75 Å². The molecule has 0 saturated heterocycles. The molecule has 0 heterocycles. The van der Waals surface area contributed by atoms with E-state index in [9.17, 15) is 9.36 Å². The number of ether oxygens (including phenoxy) is 2. The van der Waals surface area contributed by atoms with Crippen LogP contribution in [-0.4, -0.2) is 37.6 Å². The van der Waals surface area contributed by atoms with Gasteiger partial charge in [0, 0.05) is 12.3 Å². The molecule has 7 heteroatoms. The Hall–Kier alpha value is -2.14. The number of hydrogen-bond donors (Lipinski definition) is 0. The minimum Gasteiger partial charge on any atom is -0.497 e. The minimum atomic E-state index is -3.98. The Morgan fingerprint density at radius 1 is 0.938 bits per heavy atom. The highest BCUT2D eigenvalue weighted by molar-refractivity contribution is 7.57. The summed E-state index contributed by atoms with van der Waals surface area (Å²) in [6.45, 7) is 9.18. The van der Waals surface area contributed by atoms with Crippen molar-refractivity contribution in [3.63, 3.8) is 0 Å². The van der Waals surface area contributed by atoms with Gasteiger partial charge in [0.2, 0.25) is 0 Å².